The minimum Gasteiger partial charge on any atom is -0.468 e. The Morgan fingerprint density at radius 3 is 2.80 bits per heavy atom. The largest absolute Gasteiger partial charge is 0.468 e. The van der Waals surface area contributed by atoms with Crippen LogP contribution in [-0.4, -0.2) is 26.3 Å². The number of unbranched alkanes of at least 4 members (excludes halogenated alkanes) is 2. The van der Waals surface area contributed by atoms with Gasteiger partial charge < -0.3 is 9.47 Å². The van der Waals surface area contributed by atoms with E-state index in [0.29, 0.717) is 13.2 Å². The first-order chi connectivity index (χ1) is 7.17. The van der Waals surface area contributed by atoms with Crippen molar-refractivity contribution < 1.29 is 14.3 Å². The van der Waals surface area contributed by atoms with Crippen LogP contribution in [0.4, 0.5) is 0 Å². The predicted octanol–water partition coefficient (Wildman–Crippen LogP) is 2.31. The van der Waals surface area contributed by atoms with Gasteiger partial charge in [-0.15, -0.1) is 0 Å². The van der Waals surface area contributed by atoms with E-state index in [2.05, 4.69) is 13.5 Å². The van der Waals surface area contributed by atoms with Crippen molar-refractivity contribution in [3.05, 3.63) is 12.2 Å². The third-order valence-corrected chi connectivity index (χ3v) is 3.08. The zero-order valence-electron chi connectivity index (χ0n) is 9.67. The Hall–Kier alpha value is -0.830. The molecular weight excluding hydrogens is 192 g/mol. The summed E-state index contributed by atoms with van der Waals surface area (Å²) in [5, 5.41) is 0. The van der Waals surface area contributed by atoms with E-state index in [4.69, 9.17) is 9.47 Å². The van der Waals surface area contributed by atoms with E-state index in [-0.39, 0.29) is 5.97 Å². The van der Waals surface area contributed by atoms with Crippen molar-refractivity contribution in [2.75, 3.05) is 20.3 Å². The van der Waals surface area contributed by atoms with Crippen LogP contribution in [0.3, 0.4) is 0 Å². The number of carbonyl (C=O) groups is 1. The van der Waals surface area contributed by atoms with Gasteiger partial charge in [-0.2, -0.15) is 0 Å². The highest BCUT2D eigenvalue weighted by Gasteiger charge is 2.45. The molecule has 0 aromatic heterocycles. The second-order valence-electron chi connectivity index (χ2n) is 4.13. The minimum absolute atomic E-state index is 0.193. The first-order valence-electron chi connectivity index (χ1n) is 5.52. The zero-order chi connectivity index (χ0) is 11.3. The normalized spacial score (nSPS) is 25.6. The SMILES string of the molecule is C=C1COCC1(CCCCC)C(=O)OC. The van der Waals surface area contributed by atoms with Crippen LogP contribution in [0.2, 0.25) is 0 Å². The van der Waals surface area contributed by atoms with Crippen LogP contribution in [0.15, 0.2) is 12.2 Å². The van der Waals surface area contributed by atoms with E-state index in [1.807, 2.05) is 0 Å². The van der Waals surface area contributed by atoms with Gasteiger partial charge in [0.2, 0.25) is 0 Å². The van der Waals surface area contributed by atoms with Crippen molar-refractivity contribution in [1.82, 2.24) is 0 Å². The highest BCUT2D eigenvalue weighted by Crippen LogP contribution is 2.39. The van der Waals surface area contributed by atoms with Crippen molar-refractivity contribution in [3.8, 4) is 0 Å². The Morgan fingerprint density at radius 2 is 2.33 bits per heavy atom. The van der Waals surface area contributed by atoms with Crippen LogP contribution in [0.25, 0.3) is 0 Å². The topological polar surface area (TPSA) is 35.5 Å². The van der Waals surface area contributed by atoms with Gasteiger partial charge in [-0.3, -0.25) is 4.79 Å². The Kier molecular flexibility index (Phi) is 4.33. The summed E-state index contributed by atoms with van der Waals surface area (Å²) >= 11 is 0. The number of hydrogen-bond donors (Lipinski definition) is 0. The minimum atomic E-state index is -0.566. The van der Waals surface area contributed by atoms with Crippen molar-refractivity contribution in [3.63, 3.8) is 0 Å². The predicted molar refractivity (Wildman–Crippen MR) is 58.6 cm³/mol. The maximum absolute atomic E-state index is 11.8. The fourth-order valence-electron chi connectivity index (χ4n) is 2.02. The van der Waals surface area contributed by atoms with Crippen LogP contribution >= 0.6 is 0 Å². The molecule has 0 radical (unpaired) electrons. The third-order valence-electron chi connectivity index (χ3n) is 3.08. The second-order valence-corrected chi connectivity index (χ2v) is 4.13. The number of rotatable bonds is 5. The molecule has 0 amide bonds. The van der Waals surface area contributed by atoms with Gasteiger partial charge in [-0.05, 0) is 12.0 Å². The fourth-order valence-corrected chi connectivity index (χ4v) is 2.02. The van der Waals surface area contributed by atoms with Gasteiger partial charge >= 0.3 is 5.97 Å². The fraction of sp³-hybridized carbons (Fsp3) is 0.750. The van der Waals surface area contributed by atoms with Gasteiger partial charge in [-0.25, -0.2) is 0 Å². The number of esters is 1. The lowest BCUT2D eigenvalue weighted by Gasteiger charge is -2.25. The molecule has 3 nitrogen and oxygen atoms in total. The lowest BCUT2D eigenvalue weighted by Crippen LogP contribution is -2.34. The van der Waals surface area contributed by atoms with Crippen LogP contribution in [0.5, 0.6) is 0 Å². The summed E-state index contributed by atoms with van der Waals surface area (Å²) < 4.78 is 10.2. The molecule has 1 rings (SSSR count). The summed E-state index contributed by atoms with van der Waals surface area (Å²) in [5.41, 5.74) is 0.301. The maximum atomic E-state index is 11.8. The van der Waals surface area contributed by atoms with Crippen molar-refractivity contribution in [2.45, 2.75) is 32.6 Å². The Morgan fingerprint density at radius 1 is 1.60 bits per heavy atom. The lowest BCUT2D eigenvalue weighted by atomic mass is 9.79. The first-order valence-corrected chi connectivity index (χ1v) is 5.52. The summed E-state index contributed by atoms with van der Waals surface area (Å²) in [7, 11) is 1.43. The van der Waals surface area contributed by atoms with E-state index in [1.54, 1.807) is 0 Å². The molecule has 3 heteroatoms. The first kappa shape index (κ1) is 12.2. The van der Waals surface area contributed by atoms with E-state index in [9.17, 15) is 4.79 Å². The Bertz CT molecular complexity index is 247. The molecule has 1 unspecified atom stereocenters. The average molecular weight is 212 g/mol. The molecular formula is C12H20O3. The monoisotopic (exact) mass is 212 g/mol. The lowest BCUT2D eigenvalue weighted by molar-refractivity contribution is -0.151. The molecule has 0 saturated carbocycles. The molecule has 1 aliphatic rings. The summed E-state index contributed by atoms with van der Waals surface area (Å²) in [4.78, 5) is 11.8. The van der Waals surface area contributed by atoms with Crippen LogP contribution < -0.4 is 0 Å². The third kappa shape index (κ3) is 2.40. The summed E-state index contributed by atoms with van der Waals surface area (Å²) in [6.45, 7) is 6.99. The summed E-state index contributed by atoms with van der Waals surface area (Å²) in [5.74, 6) is -0.193. The van der Waals surface area contributed by atoms with Gasteiger partial charge in [-0.1, -0.05) is 32.8 Å². The molecule has 86 valence electrons. The maximum Gasteiger partial charge on any atom is 0.318 e. The van der Waals surface area contributed by atoms with Crippen molar-refractivity contribution in [2.24, 2.45) is 5.41 Å². The average Bonchev–Trinajstić information content (AvgIpc) is 2.61. The highest BCUT2D eigenvalue weighted by atomic mass is 16.5. The zero-order valence-corrected chi connectivity index (χ0v) is 9.67. The molecule has 1 heterocycles. The number of hydrogen-bond acceptors (Lipinski definition) is 3. The van der Waals surface area contributed by atoms with E-state index < -0.39 is 5.41 Å². The molecule has 1 atom stereocenters. The second kappa shape index (κ2) is 5.31. The van der Waals surface area contributed by atoms with Gasteiger partial charge in [0, 0.05) is 0 Å². The van der Waals surface area contributed by atoms with Gasteiger partial charge in [0.1, 0.15) is 5.41 Å². The molecule has 0 aromatic carbocycles. The number of methoxy groups -OCH3 is 1. The molecule has 1 saturated heterocycles. The van der Waals surface area contributed by atoms with Crippen molar-refractivity contribution in [1.29, 1.82) is 0 Å². The van der Waals surface area contributed by atoms with Gasteiger partial charge in [0.15, 0.2) is 0 Å². The standard InChI is InChI=1S/C12H20O3/c1-4-5-6-7-12(11(13)14-3)9-15-8-10(12)2/h2,4-9H2,1,3H3. The van der Waals surface area contributed by atoms with Crippen molar-refractivity contribution >= 4 is 5.97 Å². The molecule has 1 fully saturated rings. The Labute approximate surface area is 91.4 Å². The number of ether oxygens (including phenoxy) is 2. The molecule has 0 spiro atoms. The number of carbonyl (C=O) groups excluding carboxylic acids is 1. The quantitative estimate of drug-likeness (QED) is 0.398. The van der Waals surface area contributed by atoms with Gasteiger partial charge in [0.25, 0.3) is 0 Å². The van der Waals surface area contributed by atoms with E-state index >= 15 is 0 Å². The molecule has 15 heavy (non-hydrogen) atoms. The molecule has 0 N–H and O–H groups in total. The Balaban J connectivity index is 2.68. The molecule has 1 aliphatic heterocycles. The smallest absolute Gasteiger partial charge is 0.318 e. The van der Waals surface area contributed by atoms with Crippen LogP contribution in [-0.2, 0) is 14.3 Å². The van der Waals surface area contributed by atoms with E-state index in [0.717, 1.165) is 31.3 Å². The summed E-state index contributed by atoms with van der Waals surface area (Å²) in [6.07, 6.45) is 4.09. The molecule has 0 bridgehead atoms. The van der Waals surface area contributed by atoms with Gasteiger partial charge in [0.05, 0.1) is 20.3 Å². The van der Waals surface area contributed by atoms with Crippen LogP contribution in [0, 0.1) is 5.41 Å². The summed E-state index contributed by atoms with van der Waals surface area (Å²) in [6, 6.07) is 0. The highest BCUT2D eigenvalue weighted by molar-refractivity contribution is 5.81. The molecule has 0 aromatic rings. The molecule has 0 aliphatic carbocycles. The van der Waals surface area contributed by atoms with E-state index in [1.165, 1.54) is 7.11 Å². The van der Waals surface area contributed by atoms with Crippen LogP contribution in [0.1, 0.15) is 32.6 Å².